The molecule has 0 saturated heterocycles. The Morgan fingerprint density at radius 2 is 1.33 bits per heavy atom. The van der Waals surface area contributed by atoms with Crippen molar-refractivity contribution in [2.75, 3.05) is 13.2 Å². The number of benzene rings is 5. The van der Waals surface area contributed by atoms with Crippen molar-refractivity contribution in [1.29, 1.82) is 0 Å². The molecule has 0 aliphatic heterocycles. The van der Waals surface area contributed by atoms with Gasteiger partial charge in [0.15, 0.2) is 5.43 Å². The Morgan fingerprint density at radius 3 is 1.96 bits per heavy atom. The van der Waals surface area contributed by atoms with Crippen LogP contribution in [0.1, 0.15) is 36.0 Å². The molecule has 5 aromatic carbocycles. The fourth-order valence-electron chi connectivity index (χ4n) is 5.78. The molecular weight excluding hydrogens is 642 g/mol. The van der Waals surface area contributed by atoms with Crippen LogP contribution in [0.4, 0.5) is 0 Å². The summed E-state index contributed by atoms with van der Waals surface area (Å²) < 4.78 is 23.9. The second-order valence-corrected chi connectivity index (χ2v) is 12.1. The van der Waals surface area contributed by atoms with Crippen LogP contribution in [-0.4, -0.2) is 37.2 Å². The van der Waals surface area contributed by atoms with Crippen molar-refractivity contribution in [3.8, 4) is 17.1 Å². The average Bonchev–Trinajstić information content (AvgIpc) is 3.18. The number of rotatable bonds is 15. The van der Waals surface area contributed by atoms with E-state index in [4.69, 9.17) is 18.6 Å². The van der Waals surface area contributed by atoms with Crippen molar-refractivity contribution in [3.63, 3.8) is 0 Å². The van der Waals surface area contributed by atoms with Gasteiger partial charge in [-0.2, -0.15) is 0 Å². The number of hydrogen-bond acceptors (Lipinski definition) is 8. The summed E-state index contributed by atoms with van der Waals surface area (Å²) in [6, 6.07) is 43.6. The molecule has 0 fully saturated rings. The zero-order chi connectivity index (χ0) is 35.4. The van der Waals surface area contributed by atoms with Crippen LogP contribution in [0.25, 0.3) is 22.3 Å². The first-order chi connectivity index (χ1) is 25.0. The monoisotopic (exact) mass is 681 g/mol. The van der Waals surface area contributed by atoms with Crippen LogP contribution >= 0.6 is 0 Å². The van der Waals surface area contributed by atoms with Gasteiger partial charge in [0.05, 0.1) is 5.39 Å². The Labute approximate surface area is 296 Å². The Balaban J connectivity index is 1.21. The number of ether oxygens (including phenoxy) is 3. The average molecular weight is 682 g/mol. The number of nitrogens with one attached hydrogen (secondary N) is 1. The van der Waals surface area contributed by atoms with Crippen molar-refractivity contribution in [2.45, 2.75) is 38.0 Å². The molecule has 0 saturated carbocycles. The molecule has 0 bridgehead atoms. The highest BCUT2D eigenvalue weighted by Crippen LogP contribution is 2.28. The van der Waals surface area contributed by atoms with Crippen molar-refractivity contribution in [2.24, 2.45) is 0 Å². The molecule has 1 N–H and O–H groups in total. The van der Waals surface area contributed by atoms with E-state index in [1.54, 1.807) is 18.2 Å². The fraction of sp³-hybridized carbons (Fsp3) is 0.186. The van der Waals surface area contributed by atoms with Gasteiger partial charge in [-0.1, -0.05) is 128 Å². The first kappa shape index (κ1) is 34.9. The van der Waals surface area contributed by atoms with E-state index < -0.39 is 30.0 Å². The second kappa shape index (κ2) is 17.1. The van der Waals surface area contributed by atoms with Gasteiger partial charge < -0.3 is 23.9 Å². The van der Waals surface area contributed by atoms with Gasteiger partial charge in [0.2, 0.25) is 0 Å². The summed E-state index contributed by atoms with van der Waals surface area (Å²) in [7, 11) is 0. The third-order valence-corrected chi connectivity index (χ3v) is 8.49. The highest BCUT2D eigenvalue weighted by Gasteiger charge is 2.28. The highest BCUT2D eigenvalue weighted by molar-refractivity contribution is 5.83. The summed E-state index contributed by atoms with van der Waals surface area (Å²) in [6.07, 6.45) is -0.354. The molecule has 6 aromatic rings. The number of carbonyl (C=O) groups excluding carboxylic acids is 2. The lowest BCUT2D eigenvalue weighted by Crippen LogP contribution is -2.44. The normalized spacial score (nSPS) is 12.3. The van der Waals surface area contributed by atoms with Crippen molar-refractivity contribution >= 4 is 22.9 Å². The maximum Gasteiger partial charge on any atom is 0.323 e. The smallest absolute Gasteiger partial charge is 0.323 e. The molecular formula is C43H39NO7. The van der Waals surface area contributed by atoms with Gasteiger partial charge in [0.1, 0.15) is 48.4 Å². The highest BCUT2D eigenvalue weighted by atomic mass is 16.6. The zero-order valence-electron chi connectivity index (χ0n) is 28.3. The number of fused-ring (bicyclic) bond motifs is 1. The maximum absolute atomic E-state index is 14.0. The van der Waals surface area contributed by atoms with E-state index in [0.29, 0.717) is 28.9 Å². The lowest BCUT2D eigenvalue weighted by Gasteiger charge is -2.25. The van der Waals surface area contributed by atoms with E-state index in [9.17, 15) is 14.4 Å². The Hall–Kier alpha value is -5.99. The standard InChI is InChI=1S/C43H39NO7/c1-2-37(42(46)49-28-30-15-7-3-8-16-30)44-27-35(50-43(47)41(32-19-11-5-12-20-32)33-21-13-6-14-22-33)29-48-34-23-24-39-36(25-34)38(45)26-40(51-39)31-17-9-4-10-18-31/h3-26,35,37,41,44H,2,27-29H2,1H3. The third kappa shape index (κ3) is 9.17. The molecule has 8 heteroatoms. The minimum absolute atomic E-state index is 0.0521. The summed E-state index contributed by atoms with van der Waals surface area (Å²) in [5.41, 5.74) is 3.47. The summed E-state index contributed by atoms with van der Waals surface area (Å²) >= 11 is 0. The first-order valence-corrected chi connectivity index (χ1v) is 17.0. The fourth-order valence-corrected chi connectivity index (χ4v) is 5.78. The molecule has 51 heavy (non-hydrogen) atoms. The molecule has 2 unspecified atom stereocenters. The van der Waals surface area contributed by atoms with E-state index in [0.717, 1.165) is 22.3 Å². The lowest BCUT2D eigenvalue weighted by molar-refractivity contribution is -0.151. The maximum atomic E-state index is 14.0. The molecule has 258 valence electrons. The van der Waals surface area contributed by atoms with Crippen LogP contribution in [0, 0.1) is 0 Å². The molecule has 2 atom stereocenters. The lowest BCUT2D eigenvalue weighted by atomic mass is 9.91. The van der Waals surface area contributed by atoms with E-state index in [2.05, 4.69) is 5.32 Å². The van der Waals surface area contributed by atoms with E-state index in [-0.39, 0.29) is 25.2 Å². The van der Waals surface area contributed by atoms with Crippen LogP contribution in [0.15, 0.2) is 155 Å². The molecule has 1 aromatic heterocycles. The topological polar surface area (TPSA) is 104 Å². The summed E-state index contributed by atoms with van der Waals surface area (Å²) in [4.78, 5) is 40.2. The van der Waals surface area contributed by atoms with Gasteiger partial charge in [-0.3, -0.25) is 14.4 Å². The van der Waals surface area contributed by atoms with Gasteiger partial charge in [0.25, 0.3) is 0 Å². The van der Waals surface area contributed by atoms with E-state index in [1.807, 2.05) is 128 Å². The van der Waals surface area contributed by atoms with Gasteiger partial charge >= 0.3 is 11.9 Å². The molecule has 8 nitrogen and oxygen atoms in total. The number of esters is 2. The van der Waals surface area contributed by atoms with Gasteiger partial charge in [-0.15, -0.1) is 0 Å². The first-order valence-electron chi connectivity index (χ1n) is 17.0. The van der Waals surface area contributed by atoms with Crippen LogP contribution < -0.4 is 15.5 Å². The predicted molar refractivity (Wildman–Crippen MR) is 196 cm³/mol. The molecule has 0 aliphatic rings. The number of carbonyl (C=O) groups is 2. The van der Waals surface area contributed by atoms with E-state index in [1.165, 1.54) is 6.07 Å². The quantitative estimate of drug-likeness (QED) is 0.110. The molecule has 0 spiro atoms. The van der Waals surface area contributed by atoms with Crippen LogP contribution in [0.2, 0.25) is 0 Å². The molecule has 0 radical (unpaired) electrons. The Kier molecular flexibility index (Phi) is 11.7. The SMILES string of the molecule is CCC(NCC(COc1ccc2oc(-c3ccccc3)cc(=O)c2c1)OC(=O)C(c1ccccc1)c1ccccc1)C(=O)OCc1ccccc1. The van der Waals surface area contributed by atoms with Crippen molar-refractivity contribution in [3.05, 3.63) is 173 Å². The zero-order valence-corrected chi connectivity index (χ0v) is 28.3. The summed E-state index contributed by atoms with van der Waals surface area (Å²) in [6.45, 7) is 2.09. The van der Waals surface area contributed by atoms with E-state index >= 15 is 0 Å². The Morgan fingerprint density at radius 1 is 0.725 bits per heavy atom. The molecule has 1 heterocycles. The van der Waals surface area contributed by atoms with Crippen LogP contribution in [-0.2, 0) is 25.7 Å². The largest absolute Gasteiger partial charge is 0.490 e. The summed E-state index contributed by atoms with van der Waals surface area (Å²) in [5, 5.41) is 3.59. The van der Waals surface area contributed by atoms with Crippen molar-refractivity contribution in [1.82, 2.24) is 5.32 Å². The van der Waals surface area contributed by atoms with Gasteiger partial charge in [-0.05, 0) is 41.3 Å². The Bertz CT molecular complexity index is 2040. The van der Waals surface area contributed by atoms with Crippen LogP contribution in [0.3, 0.4) is 0 Å². The summed E-state index contributed by atoms with van der Waals surface area (Å²) in [5.74, 6) is -0.680. The molecule has 6 rings (SSSR count). The molecule has 0 aliphatic carbocycles. The predicted octanol–water partition coefficient (Wildman–Crippen LogP) is 7.69. The molecule has 0 amide bonds. The minimum atomic E-state index is -0.809. The van der Waals surface area contributed by atoms with Gasteiger partial charge in [0, 0.05) is 18.2 Å². The minimum Gasteiger partial charge on any atom is -0.490 e. The van der Waals surface area contributed by atoms with Crippen LogP contribution in [0.5, 0.6) is 5.75 Å². The van der Waals surface area contributed by atoms with Crippen molar-refractivity contribution < 1.29 is 28.2 Å². The van der Waals surface area contributed by atoms with Gasteiger partial charge in [-0.25, -0.2) is 0 Å². The number of hydrogen-bond donors (Lipinski definition) is 1. The third-order valence-electron chi connectivity index (χ3n) is 8.49. The second-order valence-electron chi connectivity index (χ2n) is 12.1.